The van der Waals surface area contributed by atoms with Crippen LogP contribution in [-0.2, 0) is 11.3 Å². The van der Waals surface area contributed by atoms with Gasteiger partial charge in [0.15, 0.2) is 0 Å². The van der Waals surface area contributed by atoms with Gasteiger partial charge in [0.05, 0.1) is 16.3 Å². The molecule has 9 heteroatoms. The van der Waals surface area contributed by atoms with E-state index in [1.807, 2.05) is 24.3 Å². The van der Waals surface area contributed by atoms with Crippen molar-refractivity contribution in [2.75, 3.05) is 6.54 Å². The lowest BCUT2D eigenvalue weighted by atomic mass is 10.0. The molecule has 0 N–H and O–H groups in total. The minimum absolute atomic E-state index is 0.0548. The summed E-state index contributed by atoms with van der Waals surface area (Å²) in [4.78, 5) is 31.9. The first-order valence-corrected chi connectivity index (χ1v) is 10.9. The molecule has 1 fully saturated rings. The summed E-state index contributed by atoms with van der Waals surface area (Å²) in [6.07, 6.45) is 2.75. The first kappa shape index (κ1) is 19.6. The molecule has 1 aliphatic heterocycles. The second-order valence-corrected chi connectivity index (χ2v) is 8.52. The molecule has 1 saturated heterocycles. The van der Waals surface area contributed by atoms with Crippen molar-refractivity contribution in [3.05, 3.63) is 69.9 Å². The van der Waals surface area contributed by atoms with Crippen molar-refractivity contribution in [1.82, 2.24) is 19.7 Å². The summed E-state index contributed by atoms with van der Waals surface area (Å²) in [6.45, 7) is 0.391. The van der Waals surface area contributed by atoms with E-state index >= 15 is 0 Å². The molecule has 3 heterocycles. The molecule has 0 radical (unpaired) electrons. The minimum atomic E-state index is -0.721. The van der Waals surface area contributed by atoms with E-state index < -0.39 is 11.6 Å². The van der Waals surface area contributed by atoms with Crippen LogP contribution in [0.4, 0.5) is 4.39 Å². The molecule has 5 rings (SSSR count). The molecule has 0 saturated carbocycles. The highest BCUT2D eigenvalue weighted by molar-refractivity contribution is 7.18. The molecule has 0 aliphatic carbocycles. The van der Waals surface area contributed by atoms with Gasteiger partial charge in [0.25, 0.3) is 0 Å². The zero-order valence-corrected chi connectivity index (χ0v) is 17.3. The molecule has 1 unspecified atom stereocenters. The van der Waals surface area contributed by atoms with E-state index in [9.17, 15) is 14.0 Å². The van der Waals surface area contributed by atoms with Gasteiger partial charge in [-0.2, -0.15) is 4.68 Å². The van der Waals surface area contributed by atoms with E-state index in [0.717, 1.165) is 39.2 Å². The number of amides is 1. The lowest BCUT2D eigenvalue weighted by Gasteiger charge is -2.34. The number of benzene rings is 2. The summed E-state index contributed by atoms with van der Waals surface area (Å²) < 4.78 is 20.4. The number of fused-ring (bicyclic) bond motifs is 1. The van der Waals surface area contributed by atoms with Crippen LogP contribution >= 0.6 is 11.3 Å². The number of aromatic nitrogens is 3. The highest BCUT2D eigenvalue weighted by atomic mass is 32.1. The van der Waals surface area contributed by atoms with Crippen LogP contribution in [0.3, 0.4) is 0 Å². The van der Waals surface area contributed by atoms with Gasteiger partial charge in [-0.3, -0.25) is 4.79 Å². The average molecular weight is 438 g/mol. The summed E-state index contributed by atoms with van der Waals surface area (Å²) in [5.41, 5.74) is 1.40. The van der Waals surface area contributed by atoms with Crippen LogP contribution < -0.4 is 5.76 Å². The SMILES string of the molecule is O=C(Cn1nc(-c2ccc(F)cc2)oc1=O)N1CCCCC1c1nc2ccccc2s1. The van der Waals surface area contributed by atoms with Crippen LogP contribution in [0, 0.1) is 5.82 Å². The van der Waals surface area contributed by atoms with Gasteiger partial charge in [-0.25, -0.2) is 14.2 Å². The van der Waals surface area contributed by atoms with Gasteiger partial charge >= 0.3 is 5.76 Å². The second kappa shape index (κ2) is 8.07. The number of piperidine rings is 1. The summed E-state index contributed by atoms with van der Waals surface area (Å²) in [6, 6.07) is 13.3. The number of carbonyl (C=O) groups is 1. The molecule has 2 aromatic carbocycles. The molecule has 2 aromatic heterocycles. The summed E-state index contributed by atoms with van der Waals surface area (Å²) in [5, 5.41) is 5.04. The van der Waals surface area contributed by atoms with Crippen molar-refractivity contribution in [3.8, 4) is 11.5 Å². The van der Waals surface area contributed by atoms with Crippen molar-refractivity contribution in [2.45, 2.75) is 31.8 Å². The number of carbonyl (C=O) groups excluding carboxylic acids is 1. The maximum atomic E-state index is 13.1. The maximum absolute atomic E-state index is 13.1. The quantitative estimate of drug-likeness (QED) is 0.481. The van der Waals surface area contributed by atoms with E-state index in [0.29, 0.717) is 12.1 Å². The van der Waals surface area contributed by atoms with Crippen LogP contribution in [0.5, 0.6) is 0 Å². The lowest BCUT2D eigenvalue weighted by molar-refractivity contribution is -0.136. The predicted octanol–water partition coefficient (Wildman–Crippen LogP) is 4.01. The first-order chi connectivity index (χ1) is 15.1. The average Bonchev–Trinajstić information content (AvgIpc) is 3.38. The number of para-hydroxylation sites is 1. The fourth-order valence-electron chi connectivity index (χ4n) is 3.85. The third-order valence-electron chi connectivity index (χ3n) is 5.40. The zero-order valence-electron chi connectivity index (χ0n) is 16.5. The molecule has 4 aromatic rings. The summed E-state index contributed by atoms with van der Waals surface area (Å²) in [5.74, 6) is -1.27. The van der Waals surface area contributed by atoms with Crippen molar-refractivity contribution < 1.29 is 13.6 Å². The van der Waals surface area contributed by atoms with Gasteiger partial charge in [-0.1, -0.05) is 12.1 Å². The van der Waals surface area contributed by atoms with Crippen molar-refractivity contribution in [1.29, 1.82) is 0 Å². The molecular formula is C22H19FN4O3S. The maximum Gasteiger partial charge on any atom is 0.437 e. The summed E-state index contributed by atoms with van der Waals surface area (Å²) in [7, 11) is 0. The van der Waals surface area contributed by atoms with Gasteiger partial charge in [0, 0.05) is 12.1 Å². The standard InChI is InChI=1S/C22H19FN4O3S/c23-15-10-8-14(9-11-15)20-25-27(22(29)30-20)13-19(28)26-12-4-3-6-17(26)21-24-16-5-1-2-7-18(16)31-21/h1-2,5,7-11,17H,3-4,6,12-13H2. The lowest BCUT2D eigenvalue weighted by Crippen LogP contribution is -2.41. The number of likely N-dealkylation sites (tertiary alicyclic amines) is 1. The Hall–Kier alpha value is -3.33. The van der Waals surface area contributed by atoms with Gasteiger partial charge in [0.2, 0.25) is 11.8 Å². The number of hydrogen-bond donors (Lipinski definition) is 0. The van der Waals surface area contributed by atoms with Crippen molar-refractivity contribution in [2.24, 2.45) is 0 Å². The Morgan fingerprint density at radius 1 is 1.16 bits per heavy atom. The Bertz CT molecular complexity index is 1260. The molecule has 1 amide bonds. The Labute approximate surface area is 180 Å². The number of hydrogen-bond acceptors (Lipinski definition) is 6. The topological polar surface area (TPSA) is 81.2 Å². The van der Waals surface area contributed by atoms with Crippen LogP contribution in [0.15, 0.2) is 57.7 Å². The molecule has 158 valence electrons. The van der Waals surface area contributed by atoms with E-state index in [4.69, 9.17) is 9.40 Å². The fraction of sp³-hybridized carbons (Fsp3) is 0.273. The minimum Gasteiger partial charge on any atom is -0.388 e. The van der Waals surface area contributed by atoms with Crippen LogP contribution in [0.25, 0.3) is 21.7 Å². The third kappa shape index (κ3) is 3.88. The normalized spacial score (nSPS) is 16.7. The molecule has 0 spiro atoms. The second-order valence-electron chi connectivity index (χ2n) is 7.46. The Morgan fingerprint density at radius 3 is 2.77 bits per heavy atom. The van der Waals surface area contributed by atoms with Gasteiger partial charge < -0.3 is 9.32 Å². The Kier molecular flexibility index (Phi) is 5.11. The largest absolute Gasteiger partial charge is 0.437 e. The molecule has 7 nitrogen and oxygen atoms in total. The van der Waals surface area contributed by atoms with E-state index in [1.165, 1.54) is 24.3 Å². The monoisotopic (exact) mass is 438 g/mol. The van der Waals surface area contributed by atoms with Gasteiger partial charge in [-0.15, -0.1) is 16.4 Å². The van der Waals surface area contributed by atoms with E-state index in [2.05, 4.69) is 5.10 Å². The highest BCUT2D eigenvalue weighted by Gasteiger charge is 2.31. The molecule has 1 atom stereocenters. The Balaban J connectivity index is 1.38. The third-order valence-corrected chi connectivity index (χ3v) is 6.54. The molecular weight excluding hydrogens is 419 g/mol. The number of halogens is 1. The number of thiazole rings is 1. The molecule has 31 heavy (non-hydrogen) atoms. The van der Waals surface area contributed by atoms with Crippen LogP contribution in [0.2, 0.25) is 0 Å². The smallest absolute Gasteiger partial charge is 0.388 e. The number of rotatable bonds is 4. The van der Waals surface area contributed by atoms with E-state index in [-0.39, 0.29) is 24.4 Å². The zero-order chi connectivity index (χ0) is 21.4. The predicted molar refractivity (Wildman–Crippen MR) is 114 cm³/mol. The van der Waals surface area contributed by atoms with Crippen LogP contribution in [0.1, 0.15) is 30.3 Å². The van der Waals surface area contributed by atoms with E-state index in [1.54, 1.807) is 16.2 Å². The highest BCUT2D eigenvalue weighted by Crippen LogP contribution is 2.35. The van der Waals surface area contributed by atoms with Crippen molar-refractivity contribution >= 4 is 27.5 Å². The number of nitrogens with zero attached hydrogens (tertiary/aromatic N) is 4. The van der Waals surface area contributed by atoms with Gasteiger partial charge in [-0.05, 0) is 55.7 Å². The summed E-state index contributed by atoms with van der Waals surface area (Å²) >= 11 is 1.60. The van der Waals surface area contributed by atoms with Crippen LogP contribution in [-0.4, -0.2) is 32.1 Å². The van der Waals surface area contributed by atoms with Gasteiger partial charge in [0.1, 0.15) is 17.4 Å². The Morgan fingerprint density at radius 2 is 1.97 bits per heavy atom. The fourth-order valence-corrected chi connectivity index (χ4v) is 4.97. The molecule has 0 bridgehead atoms. The molecule has 1 aliphatic rings. The first-order valence-electron chi connectivity index (χ1n) is 10.1. The van der Waals surface area contributed by atoms with Crippen molar-refractivity contribution in [3.63, 3.8) is 0 Å².